The number of rotatable bonds is 3. The molecule has 3 aromatic rings. The maximum Gasteiger partial charge on any atom is 0.238 e. The monoisotopic (exact) mass is 279 g/mol. The predicted molar refractivity (Wildman–Crippen MR) is 87.4 cm³/mol. The summed E-state index contributed by atoms with van der Waals surface area (Å²) in [5, 5.41) is 2.95. The fourth-order valence-electron chi connectivity index (χ4n) is 2.38. The number of hydrogen-bond acceptors (Lipinski definition) is 1. The van der Waals surface area contributed by atoms with Gasteiger partial charge in [0.2, 0.25) is 7.49 Å². The number of benzene rings is 3. The molecule has 1 nitrogen and oxygen atoms in total. The minimum Gasteiger partial charge on any atom is -0.235 e. The van der Waals surface area contributed by atoms with Crippen molar-refractivity contribution in [3.63, 3.8) is 0 Å². The summed E-state index contributed by atoms with van der Waals surface area (Å²) in [4.78, 5) is 11.5. The van der Waals surface area contributed by atoms with Crippen molar-refractivity contribution in [2.24, 2.45) is 0 Å². The van der Waals surface area contributed by atoms with Crippen molar-refractivity contribution in [2.75, 3.05) is 0 Å². The Morgan fingerprint density at radius 2 is 0.700 bits per heavy atom. The van der Waals surface area contributed by atoms with E-state index in [1.165, 1.54) is 0 Å². The summed E-state index contributed by atoms with van der Waals surface area (Å²) in [5.41, 5.74) is 0. The van der Waals surface area contributed by atoms with E-state index in [9.17, 15) is 4.89 Å². The molecular weight excluding hydrogens is 263 g/mol. The van der Waals surface area contributed by atoms with Gasteiger partial charge >= 0.3 is 0 Å². The second-order valence-electron chi connectivity index (χ2n) is 4.64. The molecule has 0 spiro atoms. The van der Waals surface area contributed by atoms with Crippen molar-refractivity contribution in [3.05, 3.63) is 91.0 Å². The van der Waals surface area contributed by atoms with Crippen LogP contribution in [0.25, 0.3) is 0 Å². The van der Waals surface area contributed by atoms with Gasteiger partial charge in [-0.05, 0) is 36.4 Å². The van der Waals surface area contributed by atoms with E-state index in [4.69, 9.17) is 0 Å². The van der Waals surface area contributed by atoms with Gasteiger partial charge in [0.1, 0.15) is 15.9 Å². The summed E-state index contributed by atoms with van der Waals surface area (Å²) in [6.07, 6.45) is 0. The standard InChI is InChI=1S/C18H16OP/c19-20(16-10-4-1-5-11-16,17-12-6-2-7-13-17)18-14-8-3-9-15-18/h1-15,19H/q+1. The van der Waals surface area contributed by atoms with Crippen LogP contribution in [0.4, 0.5) is 0 Å². The highest BCUT2D eigenvalue weighted by atomic mass is 31.2. The van der Waals surface area contributed by atoms with Crippen molar-refractivity contribution in [3.8, 4) is 0 Å². The minimum absolute atomic E-state index is 0.984. The molecule has 3 aromatic carbocycles. The molecule has 0 unspecified atom stereocenters. The van der Waals surface area contributed by atoms with E-state index in [1.807, 2.05) is 91.0 Å². The van der Waals surface area contributed by atoms with Crippen molar-refractivity contribution >= 4 is 23.4 Å². The first-order valence-electron chi connectivity index (χ1n) is 6.60. The lowest BCUT2D eigenvalue weighted by Gasteiger charge is -2.19. The second-order valence-corrected chi connectivity index (χ2v) is 7.46. The molecule has 0 aliphatic rings. The van der Waals surface area contributed by atoms with Gasteiger partial charge in [-0.3, -0.25) is 0 Å². The fraction of sp³-hybridized carbons (Fsp3) is 0. The zero-order chi connectivity index (χ0) is 13.8. The maximum atomic E-state index is 11.5. The third kappa shape index (κ3) is 2.27. The van der Waals surface area contributed by atoms with Gasteiger partial charge in [0.15, 0.2) is 0 Å². The van der Waals surface area contributed by atoms with Crippen LogP contribution in [-0.2, 0) is 0 Å². The predicted octanol–water partition coefficient (Wildman–Crippen LogP) is 2.89. The molecule has 0 atom stereocenters. The Balaban J connectivity index is 2.24. The Morgan fingerprint density at radius 3 is 0.950 bits per heavy atom. The van der Waals surface area contributed by atoms with Crippen LogP contribution in [0.5, 0.6) is 0 Å². The highest BCUT2D eigenvalue weighted by Crippen LogP contribution is 2.50. The number of hydrogen-bond donors (Lipinski definition) is 1. The molecule has 0 radical (unpaired) electrons. The molecular formula is C18H16OP+. The maximum absolute atomic E-state index is 11.5. The van der Waals surface area contributed by atoms with Crippen molar-refractivity contribution in [1.29, 1.82) is 0 Å². The van der Waals surface area contributed by atoms with E-state index >= 15 is 0 Å². The lowest BCUT2D eigenvalue weighted by atomic mass is 10.4. The quantitative estimate of drug-likeness (QED) is 0.731. The molecule has 0 saturated heterocycles. The van der Waals surface area contributed by atoms with Gasteiger partial charge in [-0.1, -0.05) is 54.6 Å². The molecule has 0 saturated carbocycles. The van der Waals surface area contributed by atoms with Crippen LogP contribution in [0.15, 0.2) is 91.0 Å². The van der Waals surface area contributed by atoms with Gasteiger partial charge in [-0.15, -0.1) is 0 Å². The van der Waals surface area contributed by atoms with Crippen LogP contribution in [0.1, 0.15) is 0 Å². The third-order valence-corrected chi connectivity index (χ3v) is 6.53. The van der Waals surface area contributed by atoms with E-state index < -0.39 is 7.49 Å². The van der Waals surface area contributed by atoms with E-state index in [-0.39, 0.29) is 0 Å². The molecule has 1 N–H and O–H groups in total. The first-order chi connectivity index (χ1) is 9.82. The first-order valence-corrected chi connectivity index (χ1v) is 8.34. The van der Waals surface area contributed by atoms with E-state index in [0.29, 0.717) is 0 Å². The SMILES string of the molecule is O[P+](c1ccccc1)(c1ccccc1)c1ccccc1. The Kier molecular flexibility index (Phi) is 3.64. The summed E-state index contributed by atoms with van der Waals surface area (Å²) >= 11 is 0. The van der Waals surface area contributed by atoms with Gasteiger partial charge in [-0.25, -0.2) is 4.89 Å². The van der Waals surface area contributed by atoms with Crippen molar-refractivity contribution in [2.45, 2.75) is 0 Å². The molecule has 98 valence electrons. The summed E-state index contributed by atoms with van der Waals surface area (Å²) in [7, 11) is -2.53. The second kappa shape index (κ2) is 5.58. The Labute approximate surface area is 120 Å². The van der Waals surface area contributed by atoms with Crippen LogP contribution in [0.3, 0.4) is 0 Å². The van der Waals surface area contributed by atoms with Gasteiger partial charge in [0.25, 0.3) is 0 Å². The first kappa shape index (κ1) is 13.1. The zero-order valence-electron chi connectivity index (χ0n) is 11.1. The molecule has 20 heavy (non-hydrogen) atoms. The Morgan fingerprint density at radius 1 is 0.450 bits per heavy atom. The molecule has 0 aromatic heterocycles. The highest BCUT2D eigenvalue weighted by Gasteiger charge is 2.43. The summed E-state index contributed by atoms with van der Waals surface area (Å²) in [6, 6.07) is 29.8. The molecule has 0 aliphatic heterocycles. The smallest absolute Gasteiger partial charge is 0.235 e. The van der Waals surface area contributed by atoms with Crippen LogP contribution in [0.2, 0.25) is 0 Å². The van der Waals surface area contributed by atoms with Crippen molar-refractivity contribution in [1.82, 2.24) is 0 Å². The van der Waals surface area contributed by atoms with Gasteiger partial charge in [-0.2, -0.15) is 0 Å². The summed E-state index contributed by atoms with van der Waals surface area (Å²) < 4.78 is 0. The molecule has 3 rings (SSSR count). The highest BCUT2D eigenvalue weighted by molar-refractivity contribution is 7.91. The average Bonchev–Trinajstić information content (AvgIpc) is 2.56. The van der Waals surface area contributed by atoms with E-state index in [0.717, 1.165) is 15.9 Å². The molecule has 2 heteroatoms. The van der Waals surface area contributed by atoms with Crippen LogP contribution in [0, 0.1) is 0 Å². The van der Waals surface area contributed by atoms with E-state index in [1.54, 1.807) is 0 Å². The summed E-state index contributed by atoms with van der Waals surface area (Å²) in [5.74, 6) is 0. The molecule has 0 heterocycles. The average molecular weight is 279 g/mol. The lowest BCUT2D eigenvalue weighted by Crippen LogP contribution is -2.30. The molecule has 0 amide bonds. The largest absolute Gasteiger partial charge is 0.238 e. The Bertz CT molecular complexity index is 569. The fourth-order valence-corrected chi connectivity index (χ4v) is 5.08. The topological polar surface area (TPSA) is 20.2 Å². The van der Waals surface area contributed by atoms with Gasteiger partial charge < -0.3 is 0 Å². The Hall–Kier alpha value is -1.95. The van der Waals surface area contributed by atoms with Crippen LogP contribution >= 0.6 is 7.49 Å². The van der Waals surface area contributed by atoms with Crippen molar-refractivity contribution < 1.29 is 4.89 Å². The minimum atomic E-state index is -2.53. The van der Waals surface area contributed by atoms with Crippen LogP contribution < -0.4 is 15.9 Å². The third-order valence-electron chi connectivity index (χ3n) is 3.39. The normalized spacial score (nSPS) is 11.2. The van der Waals surface area contributed by atoms with E-state index in [2.05, 4.69) is 0 Å². The molecule has 0 fully saturated rings. The van der Waals surface area contributed by atoms with Gasteiger partial charge in [0.05, 0.1) is 0 Å². The lowest BCUT2D eigenvalue weighted by molar-refractivity contribution is 0.633. The summed E-state index contributed by atoms with van der Waals surface area (Å²) in [6.45, 7) is 0. The molecule has 0 bridgehead atoms. The zero-order valence-corrected chi connectivity index (χ0v) is 11.9. The van der Waals surface area contributed by atoms with Gasteiger partial charge in [0, 0.05) is 0 Å². The molecule has 0 aliphatic carbocycles. The van der Waals surface area contributed by atoms with Crippen LogP contribution in [-0.4, -0.2) is 4.89 Å².